The number of aryl methyl sites for hydroxylation is 1. The molecule has 0 radical (unpaired) electrons. The van der Waals surface area contributed by atoms with Gasteiger partial charge in [-0.15, -0.1) is 6.58 Å². The van der Waals surface area contributed by atoms with Crippen molar-refractivity contribution in [2.24, 2.45) is 7.05 Å². The van der Waals surface area contributed by atoms with Gasteiger partial charge in [-0.3, -0.25) is 9.48 Å². The fourth-order valence-corrected chi connectivity index (χ4v) is 1.75. The van der Waals surface area contributed by atoms with Gasteiger partial charge in [0.2, 0.25) is 0 Å². The molecule has 7 heteroatoms. The Hall–Kier alpha value is -2.44. The minimum absolute atomic E-state index is 0.146. The van der Waals surface area contributed by atoms with E-state index in [0.29, 0.717) is 18.0 Å². The molecule has 0 saturated heterocycles. The zero-order valence-electron chi connectivity index (χ0n) is 9.94. The molecule has 18 heavy (non-hydrogen) atoms. The molecule has 0 bridgehead atoms. The van der Waals surface area contributed by atoms with E-state index in [4.69, 9.17) is 5.11 Å². The second kappa shape index (κ2) is 4.82. The number of aliphatic carboxylic acids is 1. The van der Waals surface area contributed by atoms with E-state index in [1.165, 1.54) is 6.33 Å². The molecule has 0 fully saturated rings. The second-order valence-electron chi connectivity index (χ2n) is 3.77. The summed E-state index contributed by atoms with van der Waals surface area (Å²) in [6.45, 7) is 3.87. The van der Waals surface area contributed by atoms with Crippen LogP contribution in [0.15, 0.2) is 25.2 Å². The molecule has 0 amide bonds. The highest BCUT2D eigenvalue weighted by atomic mass is 16.4. The first-order chi connectivity index (χ1) is 8.63. The molecule has 2 heterocycles. The third kappa shape index (κ3) is 2.15. The topological polar surface area (TPSA) is 84.1 Å². The minimum atomic E-state index is -0.924. The van der Waals surface area contributed by atoms with E-state index < -0.39 is 5.97 Å². The van der Waals surface area contributed by atoms with Crippen LogP contribution in [-0.2, 0) is 11.8 Å². The molecule has 0 aliphatic heterocycles. The van der Waals surface area contributed by atoms with Gasteiger partial charge in [0, 0.05) is 13.6 Å². The molecular weight excluding hydrogens is 234 g/mol. The second-order valence-corrected chi connectivity index (χ2v) is 3.77. The van der Waals surface area contributed by atoms with Crippen LogP contribution in [0.4, 0.5) is 5.82 Å². The third-order valence-corrected chi connectivity index (χ3v) is 2.48. The zero-order chi connectivity index (χ0) is 13.1. The Morgan fingerprint density at radius 3 is 3.06 bits per heavy atom. The molecule has 7 nitrogen and oxygen atoms in total. The molecule has 0 spiro atoms. The summed E-state index contributed by atoms with van der Waals surface area (Å²) in [5.74, 6) is -0.372. The van der Waals surface area contributed by atoms with Crippen molar-refractivity contribution in [1.82, 2.24) is 19.7 Å². The molecule has 94 valence electrons. The SMILES string of the molecule is C=CCN(CC(=O)O)c1ncnc2c1cnn2C. The summed E-state index contributed by atoms with van der Waals surface area (Å²) in [4.78, 5) is 20.7. The number of carbonyl (C=O) groups is 1. The zero-order valence-corrected chi connectivity index (χ0v) is 9.94. The van der Waals surface area contributed by atoms with Crippen molar-refractivity contribution in [1.29, 1.82) is 0 Å². The Morgan fingerprint density at radius 2 is 2.39 bits per heavy atom. The standard InChI is InChI=1S/C11H13N5O2/c1-3-4-16(6-9(17)18)11-8-5-14-15(2)10(8)12-7-13-11/h3,5,7H,1,4,6H2,2H3,(H,17,18). The van der Waals surface area contributed by atoms with Gasteiger partial charge >= 0.3 is 5.97 Å². The van der Waals surface area contributed by atoms with Crippen molar-refractivity contribution in [2.45, 2.75) is 0 Å². The normalized spacial score (nSPS) is 10.5. The quantitative estimate of drug-likeness (QED) is 0.772. The lowest BCUT2D eigenvalue weighted by atomic mass is 10.3. The predicted octanol–water partition coefficient (Wildman–Crippen LogP) is 0.440. The molecule has 1 N–H and O–H groups in total. The smallest absolute Gasteiger partial charge is 0.323 e. The predicted molar refractivity (Wildman–Crippen MR) is 66.3 cm³/mol. The summed E-state index contributed by atoms with van der Waals surface area (Å²) >= 11 is 0. The van der Waals surface area contributed by atoms with E-state index in [9.17, 15) is 4.79 Å². The molecule has 0 aliphatic rings. The van der Waals surface area contributed by atoms with Crippen molar-refractivity contribution >= 4 is 22.8 Å². The van der Waals surface area contributed by atoms with E-state index in [1.807, 2.05) is 0 Å². The third-order valence-electron chi connectivity index (χ3n) is 2.48. The summed E-state index contributed by atoms with van der Waals surface area (Å²) in [7, 11) is 1.77. The maximum Gasteiger partial charge on any atom is 0.323 e. The largest absolute Gasteiger partial charge is 0.480 e. The Kier molecular flexibility index (Phi) is 3.22. The van der Waals surface area contributed by atoms with Crippen LogP contribution in [-0.4, -0.2) is 43.9 Å². The lowest BCUT2D eigenvalue weighted by molar-refractivity contribution is -0.135. The highest BCUT2D eigenvalue weighted by Crippen LogP contribution is 2.21. The van der Waals surface area contributed by atoms with Crippen LogP contribution in [0.2, 0.25) is 0 Å². The number of anilines is 1. The van der Waals surface area contributed by atoms with E-state index in [0.717, 1.165) is 5.39 Å². The molecule has 0 atom stereocenters. The molecule has 0 aromatic carbocycles. The Balaban J connectivity index is 2.49. The monoisotopic (exact) mass is 247 g/mol. The van der Waals surface area contributed by atoms with Gasteiger partial charge in [0.1, 0.15) is 18.7 Å². The highest BCUT2D eigenvalue weighted by molar-refractivity contribution is 5.88. The molecule has 0 aliphatic carbocycles. The van der Waals surface area contributed by atoms with Gasteiger partial charge < -0.3 is 10.0 Å². The van der Waals surface area contributed by atoms with Gasteiger partial charge in [-0.2, -0.15) is 5.10 Å². The first-order valence-electron chi connectivity index (χ1n) is 5.34. The lowest BCUT2D eigenvalue weighted by Crippen LogP contribution is -2.30. The van der Waals surface area contributed by atoms with E-state index >= 15 is 0 Å². The number of fused-ring (bicyclic) bond motifs is 1. The molecular formula is C11H13N5O2. The summed E-state index contributed by atoms with van der Waals surface area (Å²) in [5, 5.41) is 13.7. The van der Waals surface area contributed by atoms with E-state index in [-0.39, 0.29) is 6.54 Å². The number of hydrogen-bond acceptors (Lipinski definition) is 5. The fourth-order valence-electron chi connectivity index (χ4n) is 1.75. The average Bonchev–Trinajstić information content (AvgIpc) is 2.70. The van der Waals surface area contributed by atoms with Gasteiger partial charge in [0.05, 0.1) is 11.6 Å². The van der Waals surface area contributed by atoms with Crippen molar-refractivity contribution in [2.75, 3.05) is 18.0 Å². The maximum atomic E-state index is 10.9. The maximum absolute atomic E-state index is 10.9. The molecule has 2 aromatic heterocycles. The first kappa shape index (κ1) is 12.0. The average molecular weight is 247 g/mol. The lowest BCUT2D eigenvalue weighted by Gasteiger charge is -2.20. The van der Waals surface area contributed by atoms with Gasteiger partial charge in [0.25, 0.3) is 0 Å². The summed E-state index contributed by atoms with van der Waals surface area (Å²) in [6.07, 6.45) is 4.66. The van der Waals surface area contributed by atoms with Crippen LogP contribution in [0.5, 0.6) is 0 Å². The number of rotatable bonds is 5. The number of hydrogen-bond donors (Lipinski definition) is 1. The highest BCUT2D eigenvalue weighted by Gasteiger charge is 2.16. The molecule has 2 aromatic rings. The van der Waals surface area contributed by atoms with Crippen LogP contribution in [0, 0.1) is 0 Å². The number of nitrogens with zero attached hydrogens (tertiary/aromatic N) is 5. The van der Waals surface area contributed by atoms with Crippen LogP contribution >= 0.6 is 0 Å². The van der Waals surface area contributed by atoms with Gasteiger partial charge in [0.15, 0.2) is 5.65 Å². The fraction of sp³-hybridized carbons (Fsp3) is 0.273. The first-order valence-corrected chi connectivity index (χ1v) is 5.34. The minimum Gasteiger partial charge on any atom is -0.480 e. The number of carboxylic acid groups (broad SMARTS) is 1. The van der Waals surface area contributed by atoms with E-state index in [2.05, 4.69) is 21.6 Å². The Bertz CT molecular complexity index is 592. The summed E-state index contributed by atoms with van der Waals surface area (Å²) < 4.78 is 1.62. The van der Waals surface area contributed by atoms with Crippen molar-refractivity contribution in [3.63, 3.8) is 0 Å². The van der Waals surface area contributed by atoms with Gasteiger partial charge in [-0.1, -0.05) is 6.08 Å². The van der Waals surface area contributed by atoms with E-state index in [1.54, 1.807) is 28.9 Å². The number of carboxylic acids is 1. The van der Waals surface area contributed by atoms with Crippen molar-refractivity contribution in [3.05, 3.63) is 25.2 Å². The Morgan fingerprint density at radius 1 is 1.61 bits per heavy atom. The van der Waals surface area contributed by atoms with Crippen LogP contribution in [0.3, 0.4) is 0 Å². The molecule has 2 rings (SSSR count). The number of aromatic nitrogens is 4. The van der Waals surface area contributed by atoms with Gasteiger partial charge in [-0.05, 0) is 0 Å². The molecule has 0 unspecified atom stereocenters. The Labute approximate surface area is 103 Å². The molecule has 0 saturated carbocycles. The van der Waals surface area contributed by atoms with Crippen LogP contribution < -0.4 is 4.90 Å². The summed E-state index contributed by atoms with van der Waals surface area (Å²) in [6, 6.07) is 0. The van der Waals surface area contributed by atoms with Crippen LogP contribution in [0.1, 0.15) is 0 Å². The van der Waals surface area contributed by atoms with Crippen molar-refractivity contribution < 1.29 is 9.90 Å². The summed E-state index contributed by atoms with van der Waals surface area (Å²) in [5.41, 5.74) is 0.666. The van der Waals surface area contributed by atoms with Gasteiger partial charge in [-0.25, -0.2) is 9.97 Å². The van der Waals surface area contributed by atoms with Crippen LogP contribution in [0.25, 0.3) is 11.0 Å². The van der Waals surface area contributed by atoms with Crippen molar-refractivity contribution in [3.8, 4) is 0 Å².